The lowest BCUT2D eigenvalue weighted by Crippen LogP contribution is -2.23. The summed E-state index contributed by atoms with van der Waals surface area (Å²) < 4.78 is 39.2. The first kappa shape index (κ1) is 15.4. The number of aromatic nitrogens is 2. The Hall–Kier alpha value is -2.15. The fraction of sp³-hybridized carbons (Fsp3) is 0.294. The predicted octanol–water partition coefficient (Wildman–Crippen LogP) is 5.05. The molecule has 0 spiro atoms. The molecule has 0 unspecified atom stereocenters. The molecule has 124 valence electrons. The molecule has 3 nitrogen and oxygen atoms in total. The van der Waals surface area contributed by atoms with Crippen molar-refractivity contribution in [1.82, 2.24) is 9.97 Å². The summed E-state index contributed by atoms with van der Waals surface area (Å²) in [6.07, 6.45) is -1.54. The van der Waals surface area contributed by atoms with Crippen LogP contribution in [0, 0.1) is 0 Å². The van der Waals surface area contributed by atoms with Crippen LogP contribution < -0.4 is 4.90 Å². The van der Waals surface area contributed by atoms with E-state index in [0.717, 1.165) is 46.9 Å². The van der Waals surface area contributed by atoms with E-state index in [2.05, 4.69) is 9.88 Å². The molecule has 0 saturated carbocycles. The minimum Gasteiger partial charge on any atom is -0.347 e. The van der Waals surface area contributed by atoms with Gasteiger partial charge in [-0.2, -0.15) is 13.2 Å². The first-order chi connectivity index (χ1) is 11.5. The summed E-state index contributed by atoms with van der Waals surface area (Å²) >= 11 is 1.64. The van der Waals surface area contributed by atoms with E-state index < -0.39 is 11.7 Å². The number of alkyl halides is 3. The van der Waals surface area contributed by atoms with Gasteiger partial charge in [-0.15, -0.1) is 11.3 Å². The van der Waals surface area contributed by atoms with E-state index in [9.17, 15) is 13.2 Å². The van der Waals surface area contributed by atoms with Crippen molar-refractivity contribution in [3.05, 3.63) is 53.2 Å². The lowest BCUT2D eigenvalue weighted by molar-refractivity contribution is -0.137. The average molecular weight is 349 g/mol. The third-order valence-corrected chi connectivity index (χ3v) is 5.36. The monoisotopic (exact) mass is 349 g/mol. The number of fused-ring (bicyclic) bond motifs is 1. The fourth-order valence-electron chi connectivity index (χ4n) is 3.05. The molecule has 24 heavy (non-hydrogen) atoms. The molecule has 4 rings (SSSR count). The highest BCUT2D eigenvalue weighted by Gasteiger charge is 2.33. The minimum absolute atomic E-state index is 0.0756. The molecule has 7 heteroatoms. The molecule has 0 radical (unpaired) electrons. The van der Waals surface area contributed by atoms with Crippen molar-refractivity contribution in [2.45, 2.75) is 25.1 Å². The maximum atomic E-state index is 12.7. The van der Waals surface area contributed by atoms with Crippen molar-refractivity contribution in [2.75, 3.05) is 11.4 Å². The second-order valence-electron chi connectivity index (χ2n) is 5.77. The number of para-hydroxylation sites is 1. The maximum absolute atomic E-state index is 12.7. The van der Waals surface area contributed by atoms with E-state index in [1.165, 1.54) is 6.07 Å². The molecule has 1 atom stereocenters. The summed E-state index contributed by atoms with van der Waals surface area (Å²) in [7, 11) is 0. The zero-order valence-electron chi connectivity index (χ0n) is 12.6. The van der Waals surface area contributed by atoms with Gasteiger partial charge >= 0.3 is 6.18 Å². The molecule has 0 bridgehead atoms. The molecule has 1 aliphatic rings. The Morgan fingerprint density at radius 2 is 1.96 bits per heavy atom. The van der Waals surface area contributed by atoms with Gasteiger partial charge in [0.05, 0.1) is 21.8 Å². The van der Waals surface area contributed by atoms with E-state index in [0.29, 0.717) is 5.82 Å². The van der Waals surface area contributed by atoms with Gasteiger partial charge in [0.15, 0.2) is 0 Å². The van der Waals surface area contributed by atoms with Crippen molar-refractivity contribution in [2.24, 2.45) is 0 Å². The molecule has 3 aromatic rings. The summed E-state index contributed by atoms with van der Waals surface area (Å²) in [6, 6.07) is 10.6. The van der Waals surface area contributed by atoms with Crippen molar-refractivity contribution in [1.29, 1.82) is 0 Å². The van der Waals surface area contributed by atoms with Crippen LogP contribution in [0.1, 0.15) is 29.5 Å². The van der Waals surface area contributed by atoms with E-state index in [1.54, 1.807) is 11.3 Å². The van der Waals surface area contributed by atoms with Gasteiger partial charge in [-0.05, 0) is 37.1 Å². The number of thiazole rings is 1. The van der Waals surface area contributed by atoms with Crippen LogP contribution in [0.2, 0.25) is 0 Å². The summed E-state index contributed by atoms with van der Waals surface area (Å²) in [6.45, 7) is 0.777. The van der Waals surface area contributed by atoms with Gasteiger partial charge in [0.25, 0.3) is 0 Å². The van der Waals surface area contributed by atoms with Crippen molar-refractivity contribution in [3.63, 3.8) is 0 Å². The lowest BCUT2D eigenvalue weighted by atomic mass is 10.2. The van der Waals surface area contributed by atoms with Crippen molar-refractivity contribution >= 4 is 27.4 Å². The molecular weight excluding hydrogens is 335 g/mol. The Bertz CT molecular complexity index is 824. The predicted molar refractivity (Wildman–Crippen MR) is 88.2 cm³/mol. The molecule has 1 fully saturated rings. The third kappa shape index (κ3) is 2.73. The smallest absolute Gasteiger partial charge is 0.347 e. The zero-order chi connectivity index (χ0) is 16.7. The number of hydrogen-bond acceptors (Lipinski definition) is 4. The Labute approximate surface area is 140 Å². The van der Waals surface area contributed by atoms with Crippen LogP contribution in [-0.4, -0.2) is 16.5 Å². The first-order valence-corrected chi connectivity index (χ1v) is 8.49. The fourth-order valence-corrected chi connectivity index (χ4v) is 4.17. The highest BCUT2D eigenvalue weighted by Crippen LogP contribution is 2.39. The number of pyridine rings is 1. The Kier molecular flexibility index (Phi) is 3.68. The topological polar surface area (TPSA) is 29.0 Å². The van der Waals surface area contributed by atoms with Crippen LogP contribution in [0.25, 0.3) is 10.2 Å². The number of anilines is 1. The minimum atomic E-state index is -4.36. The van der Waals surface area contributed by atoms with Gasteiger partial charge in [-0.25, -0.2) is 9.97 Å². The number of nitrogens with zero attached hydrogens (tertiary/aromatic N) is 3. The molecule has 1 aromatic carbocycles. The molecule has 3 heterocycles. The maximum Gasteiger partial charge on any atom is 0.417 e. The summed E-state index contributed by atoms with van der Waals surface area (Å²) in [5.41, 5.74) is 0.242. The van der Waals surface area contributed by atoms with Gasteiger partial charge < -0.3 is 4.90 Å². The van der Waals surface area contributed by atoms with Crippen LogP contribution >= 0.6 is 11.3 Å². The normalized spacial score (nSPS) is 18.5. The van der Waals surface area contributed by atoms with E-state index in [-0.39, 0.29) is 6.04 Å². The van der Waals surface area contributed by atoms with E-state index in [1.807, 2.05) is 24.3 Å². The van der Waals surface area contributed by atoms with Gasteiger partial charge in [-0.1, -0.05) is 12.1 Å². The van der Waals surface area contributed by atoms with Gasteiger partial charge in [0.2, 0.25) is 0 Å². The number of hydrogen-bond donors (Lipinski definition) is 0. The van der Waals surface area contributed by atoms with Crippen LogP contribution in [-0.2, 0) is 6.18 Å². The third-order valence-electron chi connectivity index (χ3n) is 4.22. The first-order valence-electron chi connectivity index (χ1n) is 7.68. The molecule has 1 aliphatic heterocycles. The van der Waals surface area contributed by atoms with Crippen LogP contribution in [0.3, 0.4) is 0 Å². The number of halogens is 3. The van der Waals surface area contributed by atoms with E-state index in [4.69, 9.17) is 4.98 Å². The SMILES string of the molecule is FC(F)(F)c1ccc(N2CCC[C@H]2c2nc3ccccc3s2)nc1. The molecule has 1 saturated heterocycles. The van der Waals surface area contributed by atoms with Crippen LogP contribution in [0.15, 0.2) is 42.6 Å². The standard InChI is InChI=1S/C17H14F3N3S/c18-17(19,20)11-7-8-15(21-10-11)23-9-3-5-13(23)16-22-12-4-1-2-6-14(12)24-16/h1-2,4,6-8,10,13H,3,5,9H2/t13-/m0/s1. The van der Waals surface area contributed by atoms with Gasteiger partial charge in [0.1, 0.15) is 10.8 Å². The quantitative estimate of drug-likeness (QED) is 0.648. The Balaban J connectivity index is 1.65. The summed E-state index contributed by atoms with van der Waals surface area (Å²) in [5.74, 6) is 0.574. The second-order valence-corrected chi connectivity index (χ2v) is 6.84. The van der Waals surface area contributed by atoms with Crippen molar-refractivity contribution < 1.29 is 13.2 Å². The number of benzene rings is 1. The highest BCUT2D eigenvalue weighted by atomic mass is 32.1. The zero-order valence-corrected chi connectivity index (χ0v) is 13.4. The molecule has 0 aliphatic carbocycles. The summed E-state index contributed by atoms with van der Waals surface area (Å²) in [4.78, 5) is 10.8. The van der Waals surface area contributed by atoms with E-state index >= 15 is 0 Å². The summed E-state index contributed by atoms with van der Waals surface area (Å²) in [5, 5.41) is 0.996. The molecule has 0 N–H and O–H groups in total. The van der Waals surface area contributed by atoms with Crippen molar-refractivity contribution in [3.8, 4) is 0 Å². The Morgan fingerprint density at radius 3 is 2.67 bits per heavy atom. The lowest BCUT2D eigenvalue weighted by Gasteiger charge is -2.24. The second kappa shape index (κ2) is 5.73. The Morgan fingerprint density at radius 1 is 1.12 bits per heavy atom. The average Bonchev–Trinajstić information content (AvgIpc) is 3.20. The molecule has 0 amide bonds. The van der Waals surface area contributed by atoms with Gasteiger partial charge in [-0.3, -0.25) is 0 Å². The highest BCUT2D eigenvalue weighted by molar-refractivity contribution is 7.18. The van der Waals surface area contributed by atoms with Crippen LogP contribution in [0.4, 0.5) is 19.0 Å². The molecular formula is C17H14F3N3S. The van der Waals surface area contributed by atoms with Gasteiger partial charge in [0, 0.05) is 12.7 Å². The number of rotatable bonds is 2. The molecule has 2 aromatic heterocycles. The largest absolute Gasteiger partial charge is 0.417 e. The van der Waals surface area contributed by atoms with Crippen LogP contribution in [0.5, 0.6) is 0 Å².